The molecule has 0 atom stereocenters. The van der Waals surface area contributed by atoms with Gasteiger partial charge in [-0.25, -0.2) is 0 Å². The maximum Gasteiger partial charge on any atom is 0 e. The quantitative estimate of drug-likeness (QED) is 0.204. The summed E-state index contributed by atoms with van der Waals surface area (Å²) in [5.74, 6) is 0. The van der Waals surface area contributed by atoms with Crippen molar-refractivity contribution in [2.75, 3.05) is 0 Å². The Morgan fingerprint density at radius 2 is 0.593 bits per heavy atom. The van der Waals surface area contributed by atoms with Crippen LogP contribution in [0.15, 0.2) is 0 Å². The van der Waals surface area contributed by atoms with Gasteiger partial charge in [-0.1, -0.05) is 145 Å². The van der Waals surface area contributed by atoms with Crippen LogP contribution in [0.4, 0.5) is 0 Å². The first-order chi connectivity index (χ1) is 12.1. The molecule has 27 heavy (non-hydrogen) atoms. The molecule has 1 heteroatoms. The second-order valence-electron chi connectivity index (χ2n) is 10.9. The summed E-state index contributed by atoms with van der Waals surface area (Å²) in [5.41, 5.74) is 1.09. The number of hydrogen-bond acceptors (Lipinski definition) is 0. The zero-order valence-corrected chi connectivity index (χ0v) is 23.3. The third-order valence-electron chi connectivity index (χ3n) is 5.06. The average molecular weight is 392 g/mol. The number of hydrogen-bond donors (Lipinski definition) is 0. The van der Waals surface area contributed by atoms with Crippen LogP contribution in [0, 0.1) is 10.8 Å². The predicted octanol–water partition coefficient (Wildman–Crippen LogP) is 9.97. The van der Waals surface area contributed by atoms with Gasteiger partial charge in [0.15, 0.2) is 0 Å². The largest absolute Gasteiger partial charge is 0.0654 e. The van der Waals surface area contributed by atoms with Gasteiger partial charge < -0.3 is 0 Å². The molecule has 0 saturated heterocycles. The van der Waals surface area contributed by atoms with E-state index in [9.17, 15) is 0 Å². The van der Waals surface area contributed by atoms with Crippen LogP contribution < -0.4 is 0 Å². The molecule has 0 nitrogen and oxygen atoms in total. The van der Waals surface area contributed by atoms with Gasteiger partial charge in [-0.2, -0.15) is 0 Å². The molecule has 0 bridgehead atoms. The molecule has 0 rings (SSSR count). The fraction of sp³-hybridized carbons (Fsp3) is 1.00. The Hall–Kier alpha value is 1.00. The van der Waals surface area contributed by atoms with E-state index < -0.39 is 0 Å². The summed E-state index contributed by atoms with van der Waals surface area (Å²) in [5, 5.41) is 0. The fourth-order valence-electron chi connectivity index (χ4n) is 3.22. The first-order valence-electron chi connectivity index (χ1n) is 12.1. The molecule has 0 N–H and O–H groups in total. The molecule has 0 aromatic carbocycles. The Balaban J connectivity index is -0.000000411. The van der Waals surface area contributed by atoms with Crippen LogP contribution in [-0.4, -0.2) is 29.6 Å². The summed E-state index contributed by atoms with van der Waals surface area (Å²) >= 11 is 0. The molecule has 0 unspecified atom stereocenters. The van der Waals surface area contributed by atoms with Gasteiger partial charge in [-0.05, 0) is 23.7 Å². The van der Waals surface area contributed by atoms with E-state index in [1.54, 1.807) is 0 Å². The summed E-state index contributed by atoms with van der Waals surface area (Å²) in [6.07, 6.45) is 22.8. The van der Waals surface area contributed by atoms with Crippen molar-refractivity contribution >= 4 is 29.6 Å². The van der Waals surface area contributed by atoms with Crippen molar-refractivity contribution in [3.05, 3.63) is 0 Å². The second kappa shape index (κ2) is 21.7. The van der Waals surface area contributed by atoms with Crippen LogP contribution in [0.3, 0.4) is 0 Å². The van der Waals surface area contributed by atoms with Gasteiger partial charge in [0.25, 0.3) is 0 Å². The maximum atomic E-state index is 2.34. The Bertz CT molecular complexity index is 228. The Morgan fingerprint density at radius 3 is 0.815 bits per heavy atom. The van der Waals surface area contributed by atoms with Gasteiger partial charge >= 0.3 is 0 Å². The van der Waals surface area contributed by atoms with Crippen molar-refractivity contribution < 1.29 is 0 Å². The monoisotopic (exact) mass is 391 g/mol. The van der Waals surface area contributed by atoms with Crippen molar-refractivity contribution in [2.24, 2.45) is 10.8 Å². The molecule has 161 valence electrons. The van der Waals surface area contributed by atoms with E-state index in [4.69, 9.17) is 0 Å². The van der Waals surface area contributed by atoms with E-state index >= 15 is 0 Å². The Morgan fingerprint density at radius 1 is 0.370 bits per heavy atom. The minimum Gasteiger partial charge on any atom is -0.0654 e. The normalized spacial score (nSPS) is 11.6. The van der Waals surface area contributed by atoms with E-state index in [-0.39, 0.29) is 29.6 Å². The van der Waals surface area contributed by atoms with E-state index in [0.29, 0.717) is 10.8 Å². The molecule has 0 aliphatic carbocycles. The summed E-state index contributed by atoms with van der Waals surface area (Å²) in [6.45, 7) is 18.6. The van der Waals surface area contributed by atoms with Gasteiger partial charge in [0.2, 0.25) is 0 Å². The van der Waals surface area contributed by atoms with Crippen molar-refractivity contribution in [2.45, 2.75) is 158 Å². The SMILES string of the molecule is CCCCCCCCCC(C)(C)C.CCCCCCCCCC(C)(C)C.[Na]. The first kappa shape index (κ1) is 32.7. The number of unbranched alkanes of at least 4 members (excludes halogenated alkanes) is 12. The molecule has 0 aromatic rings. The summed E-state index contributed by atoms with van der Waals surface area (Å²) in [7, 11) is 0. The topological polar surface area (TPSA) is 0 Å². The Labute approximate surface area is 197 Å². The van der Waals surface area contributed by atoms with Crippen molar-refractivity contribution in [3.63, 3.8) is 0 Å². The van der Waals surface area contributed by atoms with Crippen molar-refractivity contribution in [1.82, 2.24) is 0 Å². The predicted molar refractivity (Wildman–Crippen MR) is 130 cm³/mol. The Kier molecular flexibility index (Phi) is 26.3. The fourth-order valence-corrected chi connectivity index (χ4v) is 3.22. The average Bonchev–Trinajstić information content (AvgIpc) is 2.52. The second-order valence-corrected chi connectivity index (χ2v) is 10.9. The van der Waals surface area contributed by atoms with Crippen molar-refractivity contribution in [3.8, 4) is 0 Å². The molecule has 0 aromatic heterocycles. The molecule has 0 spiro atoms. The molecule has 0 heterocycles. The zero-order chi connectivity index (χ0) is 20.3. The molecular weight excluding hydrogens is 335 g/mol. The van der Waals surface area contributed by atoms with E-state index in [1.165, 1.54) is 103 Å². The van der Waals surface area contributed by atoms with Gasteiger partial charge in [-0.3, -0.25) is 0 Å². The minimum atomic E-state index is 0. The van der Waals surface area contributed by atoms with Gasteiger partial charge in [0.1, 0.15) is 0 Å². The van der Waals surface area contributed by atoms with Crippen molar-refractivity contribution in [1.29, 1.82) is 0 Å². The third-order valence-corrected chi connectivity index (χ3v) is 5.06. The summed E-state index contributed by atoms with van der Waals surface area (Å²) < 4.78 is 0. The number of rotatable bonds is 14. The first-order valence-corrected chi connectivity index (χ1v) is 12.1. The van der Waals surface area contributed by atoms with E-state index in [0.717, 1.165) is 0 Å². The standard InChI is InChI=1S/2C13H28.Na/c2*1-5-6-7-8-9-10-11-12-13(2,3)4;/h2*5-12H2,1-4H3;. The van der Waals surface area contributed by atoms with Crippen LogP contribution in [0.1, 0.15) is 158 Å². The minimum absolute atomic E-state index is 0. The third kappa shape index (κ3) is 38.3. The van der Waals surface area contributed by atoms with Crippen LogP contribution >= 0.6 is 0 Å². The molecule has 0 saturated carbocycles. The van der Waals surface area contributed by atoms with Gasteiger partial charge in [-0.15, -0.1) is 0 Å². The van der Waals surface area contributed by atoms with Crippen LogP contribution in [-0.2, 0) is 0 Å². The summed E-state index contributed by atoms with van der Waals surface area (Å²) in [4.78, 5) is 0. The zero-order valence-electron chi connectivity index (χ0n) is 21.3. The van der Waals surface area contributed by atoms with E-state index in [1.807, 2.05) is 0 Å². The molecule has 0 amide bonds. The van der Waals surface area contributed by atoms with Crippen LogP contribution in [0.25, 0.3) is 0 Å². The maximum absolute atomic E-state index is 2.34. The smallest absolute Gasteiger partial charge is 0 e. The summed E-state index contributed by atoms with van der Waals surface area (Å²) in [6, 6.07) is 0. The van der Waals surface area contributed by atoms with Gasteiger partial charge in [0.05, 0.1) is 0 Å². The van der Waals surface area contributed by atoms with Crippen LogP contribution in [0.5, 0.6) is 0 Å². The molecule has 0 fully saturated rings. The van der Waals surface area contributed by atoms with E-state index in [2.05, 4.69) is 55.4 Å². The van der Waals surface area contributed by atoms with Crippen LogP contribution in [0.2, 0.25) is 0 Å². The molecular formula is C26H56Na. The molecule has 0 aliphatic heterocycles. The van der Waals surface area contributed by atoms with Gasteiger partial charge in [0, 0.05) is 29.6 Å². The molecule has 1 radical (unpaired) electrons. The molecule has 0 aliphatic rings.